The lowest BCUT2D eigenvalue weighted by Crippen LogP contribution is -2.42. The van der Waals surface area contributed by atoms with Gasteiger partial charge in [-0.05, 0) is 35.9 Å². The van der Waals surface area contributed by atoms with Crippen LogP contribution >= 0.6 is 27.5 Å². The molecule has 1 aliphatic heterocycles. The lowest BCUT2D eigenvalue weighted by molar-refractivity contribution is -0.137. The minimum absolute atomic E-state index is 0.0811. The van der Waals surface area contributed by atoms with Crippen LogP contribution in [0.1, 0.15) is 28.4 Å². The molecule has 3 rings (SSSR count). The number of carbonyl (C=O) groups excluding carboxylic acids is 2. The van der Waals surface area contributed by atoms with Crippen LogP contribution in [0.25, 0.3) is 0 Å². The molecule has 2 unspecified atom stereocenters. The number of nitrogens with zero attached hydrogens (tertiary/aromatic N) is 1. The van der Waals surface area contributed by atoms with E-state index in [-0.39, 0.29) is 24.3 Å². The number of phenols is 1. The van der Waals surface area contributed by atoms with Gasteiger partial charge in [-0.25, -0.2) is 0 Å². The molecule has 1 aliphatic rings. The zero-order valence-corrected chi connectivity index (χ0v) is 20.6. The summed E-state index contributed by atoms with van der Waals surface area (Å²) >= 11 is 9.32. The van der Waals surface area contributed by atoms with Crippen molar-refractivity contribution in [3.63, 3.8) is 0 Å². The van der Waals surface area contributed by atoms with E-state index in [1.54, 1.807) is 18.2 Å². The van der Waals surface area contributed by atoms with Gasteiger partial charge in [0.2, 0.25) is 5.91 Å². The van der Waals surface area contributed by atoms with Crippen molar-refractivity contribution < 1.29 is 29.7 Å². The molecule has 0 aliphatic carbocycles. The van der Waals surface area contributed by atoms with Crippen LogP contribution in [0.3, 0.4) is 0 Å². The minimum atomic E-state index is -1.12. The average molecular weight is 569 g/mol. The molecule has 0 bridgehead atoms. The van der Waals surface area contributed by atoms with E-state index in [9.17, 15) is 29.7 Å². The van der Waals surface area contributed by atoms with Gasteiger partial charge in [-0.15, -0.1) is 0 Å². The van der Waals surface area contributed by atoms with E-state index in [0.29, 0.717) is 33.3 Å². The van der Waals surface area contributed by atoms with Gasteiger partial charge in [0.15, 0.2) is 5.96 Å². The van der Waals surface area contributed by atoms with Gasteiger partial charge in [-0.2, -0.15) is 0 Å². The average Bonchev–Trinajstić information content (AvgIpc) is 2.77. The molecule has 2 aromatic carbocycles. The van der Waals surface area contributed by atoms with Crippen LogP contribution in [0.4, 0.5) is 5.69 Å². The Morgan fingerprint density at radius 3 is 2.63 bits per heavy atom. The van der Waals surface area contributed by atoms with Crippen molar-refractivity contribution in [2.45, 2.75) is 18.6 Å². The molecule has 13 heteroatoms. The van der Waals surface area contributed by atoms with Gasteiger partial charge >= 0.3 is 5.97 Å². The second-order valence-electron chi connectivity index (χ2n) is 7.72. The number of carbonyl (C=O) groups is 3. The first-order chi connectivity index (χ1) is 16.6. The predicted octanol–water partition coefficient (Wildman–Crippen LogP) is 1.60. The zero-order valence-electron chi connectivity index (χ0n) is 18.2. The highest BCUT2D eigenvalue weighted by atomic mass is 79.9. The van der Waals surface area contributed by atoms with Crippen molar-refractivity contribution in [3.05, 3.63) is 57.0 Å². The number of hydrogen-bond acceptors (Lipinski definition) is 8. The number of aliphatic imine (C=N–C) groups is 1. The number of halogens is 2. The first-order valence-electron chi connectivity index (χ1n) is 10.4. The lowest BCUT2D eigenvalue weighted by atomic mass is 10.0. The topological polar surface area (TPSA) is 172 Å². The molecular weight excluding hydrogens is 546 g/mol. The number of nitrogens with one attached hydrogen (secondary N) is 4. The summed E-state index contributed by atoms with van der Waals surface area (Å²) in [6.07, 6.45) is -0.976. The smallest absolute Gasteiger partial charge is 0.305 e. The predicted molar refractivity (Wildman–Crippen MR) is 133 cm³/mol. The van der Waals surface area contributed by atoms with Crippen LogP contribution in [0, 0.1) is 0 Å². The van der Waals surface area contributed by atoms with Crippen molar-refractivity contribution in [1.82, 2.24) is 16.0 Å². The number of aromatic hydroxyl groups is 1. The van der Waals surface area contributed by atoms with E-state index in [1.165, 1.54) is 18.2 Å². The molecule has 0 aromatic heterocycles. The molecule has 0 fully saturated rings. The Bertz CT molecular complexity index is 1140. The standard InChI is InChI=1S/C22H23BrClN5O6/c23-13-1-11(2-14(24)5-13)18(7-20(33)34)29-19(32)10-25-21(35)12-3-15(6-16(30)4-12)28-22-26-8-17(31)9-27-22/h1-6,17-18,30-31H,7-10H2,(H,25,35)(H,29,32)(H,33,34)(H2,26,27,28). The second kappa shape index (κ2) is 11.9. The maximum Gasteiger partial charge on any atom is 0.305 e. The third-order valence-electron chi connectivity index (χ3n) is 4.82. The monoisotopic (exact) mass is 567 g/mol. The Morgan fingerprint density at radius 1 is 1.20 bits per heavy atom. The van der Waals surface area contributed by atoms with Gasteiger partial charge in [-0.1, -0.05) is 27.5 Å². The summed E-state index contributed by atoms with van der Waals surface area (Å²) in [6.45, 7) is 0.0923. The van der Waals surface area contributed by atoms with Crippen molar-refractivity contribution in [2.75, 3.05) is 25.0 Å². The van der Waals surface area contributed by atoms with Gasteiger partial charge in [-0.3, -0.25) is 19.4 Å². The number of β-amino-alcohol motifs (C(OH)–C–C–N with tert-alkyl or cyclic N) is 1. The third-order valence-corrected chi connectivity index (χ3v) is 5.49. The summed E-state index contributed by atoms with van der Waals surface area (Å²) in [5.41, 5.74) is 0.940. The van der Waals surface area contributed by atoms with Gasteiger partial charge in [0.1, 0.15) is 5.75 Å². The van der Waals surface area contributed by atoms with Gasteiger partial charge in [0.05, 0.1) is 31.7 Å². The van der Waals surface area contributed by atoms with E-state index in [0.717, 1.165) is 0 Å². The highest BCUT2D eigenvalue weighted by Crippen LogP contribution is 2.26. The molecule has 0 saturated heterocycles. The number of aliphatic hydroxyl groups is 1. The van der Waals surface area contributed by atoms with E-state index in [2.05, 4.69) is 42.2 Å². The van der Waals surface area contributed by atoms with E-state index >= 15 is 0 Å². The fourth-order valence-electron chi connectivity index (χ4n) is 3.28. The molecule has 0 saturated carbocycles. The fraction of sp³-hybridized carbons (Fsp3) is 0.273. The van der Waals surface area contributed by atoms with Gasteiger partial charge in [0.25, 0.3) is 5.91 Å². The highest BCUT2D eigenvalue weighted by Gasteiger charge is 2.20. The summed E-state index contributed by atoms with van der Waals surface area (Å²) in [4.78, 5) is 40.4. The van der Waals surface area contributed by atoms with Crippen LogP contribution in [-0.2, 0) is 9.59 Å². The number of anilines is 1. The molecule has 2 aromatic rings. The van der Waals surface area contributed by atoms with Crippen LogP contribution < -0.4 is 21.3 Å². The number of aliphatic hydroxyl groups excluding tert-OH is 1. The Morgan fingerprint density at radius 2 is 1.97 bits per heavy atom. The van der Waals surface area contributed by atoms with Gasteiger partial charge in [0, 0.05) is 33.4 Å². The normalized spacial score (nSPS) is 15.9. The maximum atomic E-state index is 12.6. The molecule has 11 nitrogen and oxygen atoms in total. The number of hydrogen-bond donors (Lipinski definition) is 7. The number of phenolic OH excluding ortho intramolecular Hbond substituents is 1. The van der Waals surface area contributed by atoms with Crippen LogP contribution in [0.5, 0.6) is 5.75 Å². The first kappa shape index (κ1) is 26.3. The first-order valence-corrected chi connectivity index (χ1v) is 11.6. The number of aliphatic carboxylic acids is 1. The van der Waals surface area contributed by atoms with Gasteiger partial charge < -0.3 is 36.6 Å². The summed E-state index contributed by atoms with van der Waals surface area (Å²) in [5.74, 6) is -2.17. The number of benzene rings is 2. The summed E-state index contributed by atoms with van der Waals surface area (Å²) in [5, 5.41) is 39.9. The fourth-order valence-corrected chi connectivity index (χ4v) is 4.16. The Balaban J connectivity index is 1.63. The van der Waals surface area contributed by atoms with Crippen molar-refractivity contribution in [2.24, 2.45) is 4.99 Å². The lowest BCUT2D eigenvalue weighted by Gasteiger charge is -2.20. The number of rotatable bonds is 8. The number of guanidine groups is 1. The van der Waals surface area contributed by atoms with Crippen LogP contribution in [0.15, 0.2) is 45.9 Å². The third kappa shape index (κ3) is 8.12. The Kier molecular flexibility index (Phi) is 8.90. The SMILES string of the molecule is O=C(O)CC(NC(=O)CNC(=O)c1cc(O)cc(NC2=NCC(O)CN2)c1)c1cc(Cl)cc(Br)c1. The number of amides is 2. The Labute approximate surface area is 213 Å². The molecule has 2 atom stereocenters. The van der Waals surface area contributed by atoms with E-state index in [4.69, 9.17) is 11.6 Å². The summed E-state index contributed by atoms with van der Waals surface area (Å²) < 4.78 is 0.622. The quantitative estimate of drug-likeness (QED) is 0.252. The van der Waals surface area contributed by atoms with Crippen LogP contribution in [0.2, 0.25) is 5.02 Å². The van der Waals surface area contributed by atoms with E-state index < -0.39 is 36.5 Å². The summed E-state index contributed by atoms with van der Waals surface area (Å²) in [6, 6.07) is 8.03. The second-order valence-corrected chi connectivity index (χ2v) is 9.07. The maximum absolute atomic E-state index is 12.6. The van der Waals surface area contributed by atoms with Crippen molar-refractivity contribution in [3.8, 4) is 5.75 Å². The molecule has 186 valence electrons. The molecule has 35 heavy (non-hydrogen) atoms. The van der Waals surface area contributed by atoms with E-state index in [1.807, 2.05) is 0 Å². The molecule has 0 spiro atoms. The minimum Gasteiger partial charge on any atom is -0.508 e. The molecule has 2 amide bonds. The molecule has 0 radical (unpaired) electrons. The Hall–Kier alpha value is -3.35. The molecule has 7 N–H and O–H groups in total. The van der Waals surface area contributed by atoms with Crippen molar-refractivity contribution >= 4 is 57.0 Å². The molecule has 1 heterocycles. The zero-order chi connectivity index (χ0) is 25.5. The molecular formula is C22H23BrClN5O6. The van der Waals surface area contributed by atoms with Crippen LogP contribution in [-0.4, -0.2) is 64.8 Å². The highest BCUT2D eigenvalue weighted by molar-refractivity contribution is 9.10. The number of carboxylic acid groups (broad SMARTS) is 1. The largest absolute Gasteiger partial charge is 0.508 e. The number of carboxylic acids is 1. The summed E-state index contributed by atoms with van der Waals surface area (Å²) in [7, 11) is 0. The van der Waals surface area contributed by atoms with Crippen molar-refractivity contribution in [1.29, 1.82) is 0 Å².